The fourth-order valence-electron chi connectivity index (χ4n) is 0.560. The molecular weight excluding hydrogens is 144 g/mol. The summed E-state index contributed by atoms with van der Waals surface area (Å²) in [5.74, 6) is -0.806. The van der Waals surface area contributed by atoms with Crippen LogP contribution in [0.4, 0.5) is 0 Å². The number of aliphatic hydroxyl groups is 2. The van der Waals surface area contributed by atoms with Crippen molar-refractivity contribution >= 4 is 0 Å². The van der Waals surface area contributed by atoms with E-state index in [1.807, 2.05) is 0 Å². The summed E-state index contributed by atoms with van der Waals surface area (Å²) in [5.41, 5.74) is 0. The molecule has 3 nitrogen and oxygen atoms in total. The first kappa shape index (κ1) is 10.9. The summed E-state index contributed by atoms with van der Waals surface area (Å²) < 4.78 is 5.00. The number of rotatable bonds is 5. The van der Waals surface area contributed by atoms with Crippen LogP contribution in [-0.2, 0) is 4.74 Å². The minimum atomic E-state index is -1.37. The predicted octanol–water partition coefficient (Wildman–Crippen LogP) is 0.750. The van der Waals surface area contributed by atoms with E-state index in [-0.39, 0.29) is 6.61 Å². The Balaban J connectivity index is 3.38. The van der Waals surface area contributed by atoms with Crippen molar-refractivity contribution in [1.29, 1.82) is 0 Å². The Kier molecular flexibility index (Phi) is 4.65. The molecule has 0 aromatic carbocycles. The molecule has 1 unspecified atom stereocenters. The lowest BCUT2D eigenvalue weighted by atomic mass is 10.1. The minimum absolute atomic E-state index is 0.356. The van der Waals surface area contributed by atoms with Gasteiger partial charge in [0.2, 0.25) is 0 Å². The highest BCUT2D eigenvalue weighted by Crippen LogP contribution is 2.07. The smallest absolute Gasteiger partial charge is 0.186 e. The molecule has 0 bridgehead atoms. The Hall–Kier alpha value is -0.120. The van der Waals surface area contributed by atoms with Gasteiger partial charge < -0.3 is 14.9 Å². The Bertz CT molecular complexity index is 99.5. The van der Waals surface area contributed by atoms with Crippen LogP contribution in [0.2, 0.25) is 0 Å². The summed E-state index contributed by atoms with van der Waals surface area (Å²) >= 11 is 0. The van der Waals surface area contributed by atoms with Gasteiger partial charge in [0.15, 0.2) is 5.79 Å². The van der Waals surface area contributed by atoms with Crippen molar-refractivity contribution in [3.8, 4) is 0 Å². The van der Waals surface area contributed by atoms with Gasteiger partial charge in [-0.15, -0.1) is 0 Å². The summed E-state index contributed by atoms with van der Waals surface area (Å²) in [6, 6.07) is 0. The van der Waals surface area contributed by atoms with E-state index in [9.17, 15) is 0 Å². The van der Waals surface area contributed by atoms with Gasteiger partial charge in [-0.25, -0.2) is 0 Å². The highest BCUT2D eigenvalue weighted by Gasteiger charge is 2.18. The van der Waals surface area contributed by atoms with Crippen LogP contribution in [0.25, 0.3) is 0 Å². The zero-order valence-corrected chi connectivity index (χ0v) is 7.50. The first-order chi connectivity index (χ1) is 4.98. The van der Waals surface area contributed by atoms with E-state index in [2.05, 4.69) is 13.8 Å². The monoisotopic (exact) mass is 162 g/mol. The molecule has 0 saturated heterocycles. The van der Waals surface area contributed by atoms with Crippen LogP contribution in [0.15, 0.2) is 0 Å². The van der Waals surface area contributed by atoms with Crippen LogP contribution in [0.5, 0.6) is 0 Å². The van der Waals surface area contributed by atoms with Gasteiger partial charge >= 0.3 is 0 Å². The fraction of sp³-hybridized carbons (Fsp3) is 1.00. The van der Waals surface area contributed by atoms with Gasteiger partial charge in [0.05, 0.1) is 13.2 Å². The van der Waals surface area contributed by atoms with Gasteiger partial charge in [-0.2, -0.15) is 0 Å². The molecule has 3 heteroatoms. The summed E-state index contributed by atoms with van der Waals surface area (Å²) in [4.78, 5) is 0. The molecule has 0 amide bonds. The largest absolute Gasteiger partial charge is 0.391 e. The lowest BCUT2D eigenvalue weighted by Crippen LogP contribution is -2.33. The fourth-order valence-corrected chi connectivity index (χ4v) is 0.560. The SMILES string of the molecule is CC(C)CCOC(C)(O)CO. The van der Waals surface area contributed by atoms with Gasteiger partial charge in [0.1, 0.15) is 0 Å². The van der Waals surface area contributed by atoms with Crippen molar-refractivity contribution in [2.75, 3.05) is 13.2 Å². The van der Waals surface area contributed by atoms with Gasteiger partial charge in [-0.05, 0) is 19.3 Å². The number of aliphatic hydroxyl groups excluding tert-OH is 1. The third-order valence-corrected chi connectivity index (χ3v) is 1.40. The Morgan fingerprint density at radius 3 is 2.36 bits per heavy atom. The van der Waals surface area contributed by atoms with Crippen molar-refractivity contribution in [3.63, 3.8) is 0 Å². The average molecular weight is 162 g/mol. The Morgan fingerprint density at radius 1 is 1.45 bits per heavy atom. The van der Waals surface area contributed by atoms with Crippen LogP contribution in [-0.4, -0.2) is 29.2 Å². The predicted molar refractivity (Wildman–Crippen MR) is 43.1 cm³/mol. The maximum absolute atomic E-state index is 9.16. The van der Waals surface area contributed by atoms with Crippen molar-refractivity contribution in [2.24, 2.45) is 5.92 Å². The maximum atomic E-state index is 9.16. The topological polar surface area (TPSA) is 49.7 Å². The van der Waals surface area contributed by atoms with E-state index in [1.54, 1.807) is 0 Å². The lowest BCUT2D eigenvalue weighted by molar-refractivity contribution is -0.212. The van der Waals surface area contributed by atoms with Crippen molar-refractivity contribution < 1.29 is 14.9 Å². The summed E-state index contributed by atoms with van der Waals surface area (Å²) in [6.45, 7) is 5.75. The van der Waals surface area contributed by atoms with Crippen molar-refractivity contribution in [1.82, 2.24) is 0 Å². The van der Waals surface area contributed by atoms with E-state index in [0.29, 0.717) is 12.5 Å². The summed E-state index contributed by atoms with van der Waals surface area (Å²) in [5, 5.41) is 17.7. The molecule has 0 aromatic rings. The molecule has 0 fully saturated rings. The third-order valence-electron chi connectivity index (χ3n) is 1.40. The van der Waals surface area contributed by atoms with E-state index in [0.717, 1.165) is 6.42 Å². The Morgan fingerprint density at radius 2 is 2.00 bits per heavy atom. The molecule has 0 aromatic heterocycles. The van der Waals surface area contributed by atoms with Crippen LogP contribution in [0.3, 0.4) is 0 Å². The van der Waals surface area contributed by atoms with Crippen LogP contribution in [0, 0.1) is 5.92 Å². The zero-order valence-electron chi connectivity index (χ0n) is 7.50. The molecule has 0 heterocycles. The molecule has 0 aliphatic carbocycles. The Labute approximate surface area is 68.0 Å². The van der Waals surface area contributed by atoms with Crippen LogP contribution < -0.4 is 0 Å². The highest BCUT2D eigenvalue weighted by molar-refractivity contribution is 4.56. The normalized spacial score (nSPS) is 16.9. The number of hydrogen-bond acceptors (Lipinski definition) is 3. The standard InChI is InChI=1S/C8H18O3/c1-7(2)4-5-11-8(3,10)6-9/h7,9-10H,4-6H2,1-3H3. The first-order valence-electron chi connectivity index (χ1n) is 3.95. The molecule has 0 saturated carbocycles. The molecule has 68 valence electrons. The second-order valence-electron chi connectivity index (χ2n) is 3.36. The van der Waals surface area contributed by atoms with E-state index in [1.165, 1.54) is 6.92 Å². The van der Waals surface area contributed by atoms with E-state index in [4.69, 9.17) is 14.9 Å². The summed E-state index contributed by atoms with van der Waals surface area (Å²) in [7, 11) is 0. The van der Waals surface area contributed by atoms with E-state index < -0.39 is 5.79 Å². The summed E-state index contributed by atoms with van der Waals surface area (Å²) in [6.07, 6.45) is 0.899. The second kappa shape index (κ2) is 4.70. The average Bonchev–Trinajstić information content (AvgIpc) is 1.87. The second-order valence-corrected chi connectivity index (χ2v) is 3.36. The third kappa shape index (κ3) is 6.28. The molecule has 11 heavy (non-hydrogen) atoms. The van der Waals surface area contributed by atoms with Gasteiger partial charge in [-0.3, -0.25) is 0 Å². The first-order valence-corrected chi connectivity index (χ1v) is 3.95. The number of ether oxygens (including phenoxy) is 1. The molecule has 1 atom stereocenters. The zero-order chi connectivity index (χ0) is 8.91. The molecule has 0 aliphatic heterocycles. The molecule has 0 spiro atoms. The van der Waals surface area contributed by atoms with Crippen molar-refractivity contribution in [3.05, 3.63) is 0 Å². The molecule has 0 rings (SSSR count). The molecule has 0 aliphatic rings. The molecule has 0 radical (unpaired) electrons. The number of hydrogen-bond donors (Lipinski definition) is 2. The minimum Gasteiger partial charge on any atom is -0.391 e. The lowest BCUT2D eigenvalue weighted by Gasteiger charge is -2.21. The highest BCUT2D eigenvalue weighted by atomic mass is 16.6. The van der Waals surface area contributed by atoms with Crippen LogP contribution in [0.1, 0.15) is 27.2 Å². The van der Waals surface area contributed by atoms with Crippen LogP contribution >= 0.6 is 0 Å². The van der Waals surface area contributed by atoms with Gasteiger partial charge in [-0.1, -0.05) is 13.8 Å². The van der Waals surface area contributed by atoms with E-state index >= 15 is 0 Å². The molecular formula is C8H18O3. The maximum Gasteiger partial charge on any atom is 0.186 e. The quantitative estimate of drug-likeness (QED) is 0.586. The van der Waals surface area contributed by atoms with Gasteiger partial charge in [0, 0.05) is 0 Å². The van der Waals surface area contributed by atoms with Crippen molar-refractivity contribution in [2.45, 2.75) is 33.0 Å². The molecule has 2 N–H and O–H groups in total. The van der Waals surface area contributed by atoms with Gasteiger partial charge in [0.25, 0.3) is 0 Å².